The van der Waals surface area contributed by atoms with Crippen LogP contribution in [-0.2, 0) is 0 Å². The third-order valence-corrected chi connectivity index (χ3v) is 3.37. The lowest BCUT2D eigenvalue weighted by Crippen LogP contribution is -2.31. The van der Waals surface area contributed by atoms with Gasteiger partial charge in [0.15, 0.2) is 0 Å². The first-order chi connectivity index (χ1) is 9.04. The van der Waals surface area contributed by atoms with Gasteiger partial charge in [-0.05, 0) is 30.0 Å². The van der Waals surface area contributed by atoms with E-state index in [1.54, 1.807) is 24.3 Å². The zero-order valence-corrected chi connectivity index (χ0v) is 11.8. The second-order valence-electron chi connectivity index (χ2n) is 5.11. The summed E-state index contributed by atoms with van der Waals surface area (Å²) in [4.78, 5) is 25.6. The summed E-state index contributed by atoms with van der Waals surface area (Å²) >= 11 is 5.79. The van der Waals surface area contributed by atoms with Crippen LogP contribution in [0.15, 0.2) is 35.4 Å². The van der Waals surface area contributed by atoms with Gasteiger partial charge in [0.2, 0.25) is 0 Å². The van der Waals surface area contributed by atoms with Crippen LogP contribution in [0.1, 0.15) is 41.0 Å². The Bertz CT molecular complexity index is 514. The van der Waals surface area contributed by atoms with E-state index in [0.717, 1.165) is 12.0 Å². The van der Waals surface area contributed by atoms with E-state index in [2.05, 4.69) is 13.8 Å². The molecule has 1 aromatic rings. The standard InChI is InChI=1S/C15H16ClNO2/c1-10(2)7-11(8-16)9-17-14(18)12-5-3-4-6-13(12)15(17)19/h3-6,8,10H,7,9H2,1-2H3. The second-order valence-corrected chi connectivity index (χ2v) is 5.33. The molecule has 0 unspecified atom stereocenters. The summed E-state index contributed by atoms with van der Waals surface area (Å²) in [6.07, 6.45) is 0.775. The van der Waals surface area contributed by atoms with Gasteiger partial charge < -0.3 is 0 Å². The van der Waals surface area contributed by atoms with Crippen molar-refractivity contribution >= 4 is 23.4 Å². The SMILES string of the molecule is CC(C)CC(=CCl)CN1C(=O)c2ccccc2C1=O. The van der Waals surface area contributed by atoms with Gasteiger partial charge in [0, 0.05) is 5.54 Å². The Balaban J connectivity index is 2.20. The fraction of sp³-hybridized carbons (Fsp3) is 0.333. The molecule has 0 bridgehead atoms. The number of imide groups is 1. The smallest absolute Gasteiger partial charge is 0.261 e. The van der Waals surface area contributed by atoms with Crippen molar-refractivity contribution in [1.29, 1.82) is 0 Å². The average Bonchev–Trinajstić information content (AvgIpc) is 2.63. The lowest BCUT2D eigenvalue weighted by atomic mass is 10.0. The van der Waals surface area contributed by atoms with Crippen LogP contribution in [0.25, 0.3) is 0 Å². The number of benzene rings is 1. The van der Waals surface area contributed by atoms with E-state index in [1.807, 2.05) is 0 Å². The predicted octanol–water partition coefficient (Wildman–Crippen LogP) is 3.45. The molecule has 0 aromatic heterocycles. The topological polar surface area (TPSA) is 37.4 Å². The number of hydrogen-bond donors (Lipinski definition) is 0. The van der Waals surface area contributed by atoms with Gasteiger partial charge in [-0.1, -0.05) is 37.6 Å². The number of carbonyl (C=O) groups is 2. The summed E-state index contributed by atoms with van der Waals surface area (Å²) in [6.45, 7) is 4.42. The number of fused-ring (bicyclic) bond motifs is 1. The minimum absolute atomic E-state index is 0.236. The number of amides is 2. The molecule has 0 aliphatic carbocycles. The largest absolute Gasteiger partial charge is 0.270 e. The first kappa shape index (κ1) is 13.8. The minimum atomic E-state index is -0.236. The summed E-state index contributed by atoms with van der Waals surface area (Å²) < 4.78 is 0. The third kappa shape index (κ3) is 2.71. The van der Waals surface area contributed by atoms with Gasteiger partial charge >= 0.3 is 0 Å². The first-order valence-electron chi connectivity index (χ1n) is 6.28. The third-order valence-electron chi connectivity index (χ3n) is 3.06. The summed E-state index contributed by atoms with van der Waals surface area (Å²) in [5, 5.41) is 0. The van der Waals surface area contributed by atoms with Gasteiger partial charge in [-0.2, -0.15) is 0 Å². The van der Waals surface area contributed by atoms with Gasteiger partial charge in [-0.15, -0.1) is 0 Å². The highest BCUT2D eigenvalue weighted by molar-refractivity contribution is 6.26. The molecular formula is C15H16ClNO2. The van der Waals surface area contributed by atoms with E-state index in [-0.39, 0.29) is 18.4 Å². The molecule has 1 heterocycles. The minimum Gasteiger partial charge on any atom is -0.270 e. The van der Waals surface area contributed by atoms with Gasteiger partial charge in [0.1, 0.15) is 0 Å². The maximum atomic E-state index is 12.2. The maximum absolute atomic E-state index is 12.2. The average molecular weight is 278 g/mol. The maximum Gasteiger partial charge on any atom is 0.261 e. The number of hydrogen-bond acceptors (Lipinski definition) is 2. The van der Waals surface area contributed by atoms with E-state index in [4.69, 9.17) is 11.6 Å². The molecule has 0 radical (unpaired) electrons. The quantitative estimate of drug-likeness (QED) is 0.791. The molecule has 0 fully saturated rings. The van der Waals surface area contributed by atoms with E-state index >= 15 is 0 Å². The molecule has 2 rings (SSSR count). The van der Waals surface area contributed by atoms with Crippen LogP contribution >= 0.6 is 11.6 Å². The van der Waals surface area contributed by atoms with Gasteiger partial charge in [0.25, 0.3) is 11.8 Å². The normalized spacial score (nSPS) is 15.4. The summed E-state index contributed by atoms with van der Waals surface area (Å²) in [5.41, 5.74) is 3.33. The number of halogens is 1. The molecule has 19 heavy (non-hydrogen) atoms. The van der Waals surface area contributed by atoms with E-state index < -0.39 is 0 Å². The second kappa shape index (κ2) is 5.57. The summed E-state index contributed by atoms with van der Waals surface area (Å²) in [5.74, 6) is -0.0408. The molecular weight excluding hydrogens is 262 g/mol. The lowest BCUT2D eigenvalue weighted by molar-refractivity contribution is 0.0666. The van der Waals surface area contributed by atoms with Crippen molar-refractivity contribution < 1.29 is 9.59 Å². The van der Waals surface area contributed by atoms with Crippen molar-refractivity contribution in [2.45, 2.75) is 20.3 Å². The molecule has 0 saturated heterocycles. The highest BCUT2D eigenvalue weighted by Crippen LogP contribution is 2.24. The van der Waals surface area contributed by atoms with Gasteiger partial charge in [-0.3, -0.25) is 14.5 Å². The molecule has 0 N–H and O–H groups in total. The molecule has 1 aliphatic rings. The van der Waals surface area contributed by atoms with Crippen molar-refractivity contribution in [1.82, 2.24) is 4.90 Å². The van der Waals surface area contributed by atoms with Crippen LogP contribution in [-0.4, -0.2) is 23.3 Å². The fourth-order valence-electron chi connectivity index (χ4n) is 2.25. The Labute approximate surface area is 117 Å². The molecule has 1 aliphatic heterocycles. The zero-order valence-electron chi connectivity index (χ0n) is 11.0. The monoisotopic (exact) mass is 277 g/mol. The van der Waals surface area contributed by atoms with E-state index in [1.165, 1.54) is 10.4 Å². The van der Waals surface area contributed by atoms with Crippen LogP contribution in [0.5, 0.6) is 0 Å². The van der Waals surface area contributed by atoms with Crippen molar-refractivity contribution in [3.63, 3.8) is 0 Å². The molecule has 100 valence electrons. The molecule has 0 saturated carbocycles. The Morgan fingerprint density at radius 2 is 1.74 bits per heavy atom. The Morgan fingerprint density at radius 1 is 1.21 bits per heavy atom. The van der Waals surface area contributed by atoms with Crippen LogP contribution in [0.4, 0.5) is 0 Å². The summed E-state index contributed by atoms with van der Waals surface area (Å²) in [7, 11) is 0. The van der Waals surface area contributed by atoms with Crippen molar-refractivity contribution in [3.05, 3.63) is 46.5 Å². The van der Waals surface area contributed by atoms with Crippen LogP contribution in [0.3, 0.4) is 0 Å². The van der Waals surface area contributed by atoms with Crippen molar-refractivity contribution in [3.8, 4) is 0 Å². The highest BCUT2D eigenvalue weighted by atomic mass is 35.5. The van der Waals surface area contributed by atoms with Crippen LogP contribution in [0.2, 0.25) is 0 Å². The molecule has 1 aromatic carbocycles. The molecule has 0 spiro atoms. The first-order valence-corrected chi connectivity index (χ1v) is 6.71. The molecule has 2 amide bonds. The Morgan fingerprint density at radius 3 is 2.16 bits per heavy atom. The zero-order chi connectivity index (χ0) is 14.0. The number of rotatable bonds is 4. The van der Waals surface area contributed by atoms with Gasteiger partial charge in [-0.25, -0.2) is 0 Å². The van der Waals surface area contributed by atoms with Crippen molar-refractivity contribution in [2.75, 3.05) is 6.54 Å². The number of carbonyl (C=O) groups excluding carboxylic acids is 2. The number of nitrogens with zero attached hydrogens (tertiary/aromatic N) is 1. The van der Waals surface area contributed by atoms with Crippen molar-refractivity contribution in [2.24, 2.45) is 5.92 Å². The Hall–Kier alpha value is -1.61. The van der Waals surface area contributed by atoms with Crippen LogP contribution < -0.4 is 0 Å². The molecule has 3 nitrogen and oxygen atoms in total. The molecule has 4 heteroatoms. The lowest BCUT2D eigenvalue weighted by Gasteiger charge is -2.17. The van der Waals surface area contributed by atoms with Gasteiger partial charge in [0.05, 0.1) is 17.7 Å². The van der Waals surface area contributed by atoms with E-state index in [0.29, 0.717) is 17.0 Å². The molecule has 0 atom stereocenters. The van der Waals surface area contributed by atoms with E-state index in [9.17, 15) is 9.59 Å². The fourth-order valence-corrected chi connectivity index (χ4v) is 2.41. The predicted molar refractivity (Wildman–Crippen MR) is 75.2 cm³/mol. The van der Waals surface area contributed by atoms with Crippen LogP contribution in [0, 0.1) is 5.92 Å². The highest BCUT2D eigenvalue weighted by Gasteiger charge is 2.35. The Kier molecular flexibility index (Phi) is 4.05. The summed E-state index contributed by atoms with van der Waals surface area (Å²) in [6, 6.07) is 6.89.